The zero-order valence-corrected chi connectivity index (χ0v) is 18.8. The molecule has 0 aromatic rings. The quantitative estimate of drug-likeness (QED) is 0.584. The third-order valence-corrected chi connectivity index (χ3v) is 8.56. The second-order valence-corrected chi connectivity index (χ2v) is 10.9. The van der Waals surface area contributed by atoms with E-state index in [4.69, 9.17) is 14.3 Å². The maximum absolute atomic E-state index is 15.0. The third kappa shape index (κ3) is 4.03. The number of likely N-dealkylation sites (tertiary alicyclic amines) is 1. The van der Waals surface area contributed by atoms with Crippen LogP contribution in [0.3, 0.4) is 0 Å². The molecule has 32 heavy (non-hydrogen) atoms. The molecule has 6 atom stereocenters. The van der Waals surface area contributed by atoms with Crippen molar-refractivity contribution in [2.45, 2.75) is 81.7 Å². The number of ether oxygens (including phenoxy) is 2. The number of carbonyl (C=O) groups excluding carboxylic acids is 1. The number of hydrogen-bond donors (Lipinski definition) is 3. The summed E-state index contributed by atoms with van der Waals surface area (Å²) in [7, 11) is 0. The maximum Gasteiger partial charge on any atom is 0.410 e. The average Bonchev–Trinajstić information content (AvgIpc) is 3.15. The molecule has 2 saturated carbocycles. The summed E-state index contributed by atoms with van der Waals surface area (Å²) >= 11 is 0. The molecule has 10 heteroatoms. The zero-order valence-electron chi connectivity index (χ0n) is 18.8. The smallest absolute Gasteiger partial charge is 0.410 e. The molecule has 1 amide bonds. The molecule has 6 rings (SSSR count). The Hall–Kier alpha value is -1.04. The molecule has 4 aliphatic heterocycles. The number of carbonyl (C=O) groups is 1. The minimum absolute atomic E-state index is 0.0349. The summed E-state index contributed by atoms with van der Waals surface area (Å²) in [6.45, 7) is 5.57. The number of nitrogens with one attached hydrogen (secondary N) is 3. The number of amides is 1. The standard InChI is InChI=1S/C22H36FN5O4/c1-22(4-5-22)31-21(29)27-6-2-13(3-7-27)19-25-20(32-26-19)14-8-17(23)16-10-24-28(18(16)9-14)15-11-30-12-15/h13-20,24-26H,2-12H2,1H3. The van der Waals surface area contributed by atoms with Crippen LogP contribution >= 0.6 is 0 Å². The molecule has 6 aliphatic rings. The van der Waals surface area contributed by atoms with Crippen LogP contribution in [0.25, 0.3) is 0 Å². The Morgan fingerprint density at radius 1 is 1.16 bits per heavy atom. The van der Waals surface area contributed by atoms with Gasteiger partial charge in [0.1, 0.15) is 18.0 Å². The minimum atomic E-state index is -0.815. The van der Waals surface area contributed by atoms with Gasteiger partial charge in [-0.25, -0.2) is 14.2 Å². The van der Waals surface area contributed by atoms with E-state index < -0.39 is 6.17 Å². The van der Waals surface area contributed by atoms with Gasteiger partial charge in [-0.3, -0.25) is 15.6 Å². The van der Waals surface area contributed by atoms with E-state index in [1.54, 1.807) is 0 Å². The lowest BCUT2D eigenvalue weighted by atomic mass is 9.76. The highest BCUT2D eigenvalue weighted by Crippen LogP contribution is 2.41. The number of halogens is 1. The Kier molecular flexibility index (Phi) is 5.59. The molecular formula is C22H36FN5O4. The number of hydrazine groups is 1. The van der Waals surface area contributed by atoms with Crippen LogP contribution in [0.2, 0.25) is 0 Å². The van der Waals surface area contributed by atoms with E-state index in [9.17, 15) is 4.79 Å². The van der Waals surface area contributed by atoms with Gasteiger partial charge < -0.3 is 14.4 Å². The van der Waals surface area contributed by atoms with Crippen LogP contribution in [-0.2, 0) is 14.3 Å². The van der Waals surface area contributed by atoms with E-state index in [0.717, 1.165) is 51.9 Å². The lowest BCUT2D eigenvalue weighted by molar-refractivity contribution is -0.106. The lowest BCUT2D eigenvalue weighted by Crippen LogP contribution is -2.57. The van der Waals surface area contributed by atoms with Gasteiger partial charge in [-0.2, -0.15) is 5.48 Å². The molecule has 0 aromatic heterocycles. The van der Waals surface area contributed by atoms with Gasteiger partial charge in [0.15, 0.2) is 0 Å². The zero-order chi connectivity index (χ0) is 21.9. The summed E-state index contributed by atoms with van der Waals surface area (Å²) in [5, 5.41) is 5.85. The molecule has 2 aliphatic carbocycles. The Morgan fingerprint density at radius 3 is 2.62 bits per heavy atom. The molecule has 0 bridgehead atoms. The van der Waals surface area contributed by atoms with Gasteiger partial charge in [0, 0.05) is 37.5 Å². The van der Waals surface area contributed by atoms with Crippen molar-refractivity contribution in [1.29, 1.82) is 0 Å². The van der Waals surface area contributed by atoms with Crippen molar-refractivity contribution in [1.82, 2.24) is 26.1 Å². The van der Waals surface area contributed by atoms with E-state index >= 15 is 4.39 Å². The number of nitrogens with zero attached hydrogens (tertiary/aromatic N) is 2. The first kappa shape index (κ1) is 21.5. The maximum atomic E-state index is 15.0. The summed E-state index contributed by atoms with van der Waals surface area (Å²) in [5.74, 6) is 0.551. The molecule has 4 saturated heterocycles. The number of piperidine rings is 1. The van der Waals surface area contributed by atoms with Gasteiger partial charge in [-0.15, -0.1) is 0 Å². The predicted molar refractivity (Wildman–Crippen MR) is 113 cm³/mol. The minimum Gasteiger partial charge on any atom is -0.443 e. The van der Waals surface area contributed by atoms with Gasteiger partial charge in [0.25, 0.3) is 0 Å². The number of hydroxylamine groups is 1. The van der Waals surface area contributed by atoms with Crippen LogP contribution in [0.4, 0.5) is 9.18 Å². The highest BCUT2D eigenvalue weighted by molar-refractivity contribution is 5.68. The molecular weight excluding hydrogens is 417 g/mol. The highest BCUT2D eigenvalue weighted by Gasteiger charge is 2.51. The summed E-state index contributed by atoms with van der Waals surface area (Å²) in [5.41, 5.74) is 6.38. The Balaban J connectivity index is 1.01. The largest absolute Gasteiger partial charge is 0.443 e. The van der Waals surface area contributed by atoms with Gasteiger partial charge in [-0.05, 0) is 51.4 Å². The van der Waals surface area contributed by atoms with E-state index in [1.165, 1.54) is 0 Å². The Bertz CT molecular complexity index is 714. The molecule has 0 radical (unpaired) electrons. The fraction of sp³-hybridized carbons (Fsp3) is 0.955. The third-order valence-electron chi connectivity index (χ3n) is 8.56. The first-order chi connectivity index (χ1) is 15.5. The topological polar surface area (TPSA) is 87.3 Å². The van der Waals surface area contributed by atoms with Crippen LogP contribution in [0.5, 0.6) is 0 Å². The van der Waals surface area contributed by atoms with Crippen molar-refractivity contribution in [3.63, 3.8) is 0 Å². The van der Waals surface area contributed by atoms with Crippen molar-refractivity contribution < 1.29 is 23.5 Å². The van der Waals surface area contributed by atoms with E-state index in [2.05, 4.69) is 21.2 Å². The average molecular weight is 454 g/mol. The van der Waals surface area contributed by atoms with E-state index in [1.807, 2.05) is 11.8 Å². The van der Waals surface area contributed by atoms with Gasteiger partial charge >= 0.3 is 6.09 Å². The monoisotopic (exact) mass is 453 g/mol. The summed E-state index contributed by atoms with van der Waals surface area (Å²) < 4.78 is 26.0. The summed E-state index contributed by atoms with van der Waals surface area (Å²) in [4.78, 5) is 20.1. The Labute approximate surface area is 188 Å². The number of rotatable bonds is 4. The normalized spacial score (nSPS) is 42.5. The van der Waals surface area contributed by atoms with Crippen LogP contribution in [0.1, 0.15) is 45.4 Å². The van der Waals surface area contributed by atoms with Gasteiger partial charge in [0.05, 0.1) is 25.4 Å². The fourth-order valence-corrected chi connectivity index (χ4v) is 6.05. The highest BCUT2D eigenvalue weighted by atomic mass is 19.1. The first-order valence-electron chi connectivity index (χ1n) is 12.4. The van der Waals surface area contributed by atoms with E-state index in [-0.39, 0.29) is 42.0 Å². The lowest BCUT2D eigenvalue weighted by Gasteiger charge is -2.43. The first-order valence-corrected chi connectivity index (χ1v) is 12.4. The molecule has 180 valence electrons. The van der Waals surface area contributed by atoms with Gasteiger partial charge in [0.2, 0.25) is 0 Å². The van der Waals surface area contributed by atoms with Crippen molar-refractivity contribution >= 4 is 6.09 Å². The van der Waals surface area contributed by atoms with Crippen LogP contribution < -0.4 is 16.2 Å². The Morgan fingerprint density at radius 2 is 1.94 bits per heavy atom. The van der Waals surface area contributed by atoms with Crippen molar-refractivity contribution in [3.8, 4) is 0 Å². The van der Waals surface area contributed by atoms with Crippen LogP contribution in [0.15, 0.2) is 0 Å². The molecule has 6 unspecified atom stereocenters. The number of fused-ring (bicyclic) bond motifs is 1. The van der Waals surface area contributed by atoms with Crippen molar-refractivity contribution in [2.75, 3.05) is 32.8 Å². The summed E-state index contributed by atoms with van der Waals surface area (Å²) in [6, 6.07) is 0.559. The fourth-order valence-electron chi connectivity index (χ4n) is 6.05. The molecule has 9 nitrogen and oxygen atoms in total. The van der Waals surface area contributed by atoms with Crippen LogP contribution in [-0.4, -0.2) is 85.1 Å². The molecule has 3 N–H and O–H groups in total. The molecule has 0 spiro atoms. The molecule has 6 fully saturated rings. The van der Waals surface area contributed by atoms with Crippen LogP contribution in [0, 0.1) is 17.8 Å². The van der Waals surface area contributed by atoms with Crippen molar-refractivity contribution in [2.24, 2.45) is 17.8 Å². The SMILES string of the molecule is CC1(OC(=O)N2CCC(C3NOC(C4CC(F)C5CNN(C6COC6)C5C4)N3)CC2)CC1. The predicted octanol–water partition coefficient (Wildman–Crippen LogP) is 1.12. The van der Waals surface area contributed by atoms with E-state index in [0.29, 0.717) is 31.5 Å². The molecule has 0 aromatic carbocycles. The summed E-state index contributed by atoms with van der Waals surface area (Å²) in [6.07, 6.45) is 4.04. The number of alkyl halides is 1. The van der Waals surface area contributed by atoms with Gasteiger partial charge in [-0.1, -0.05) is 0 Å². The second-order valence-electron chi connectivity index (χ2n) is 10.9. The van der Waals surface area contributed by atoms with Crippen molar-refractivity contribution in [3.05, 3.63) is 0 Å². The molecule has 4 heterocycles. The number of hydrogen-bond acceptors (Lipinski definition) is 8. The second kappa shape index (κ2) is 8.32.